The Bertz CT molecular complexity index is 828. The number of rotatable bonds is 4. The van der Waals surface area contributed by atoms with Crippen molar-refractivity contribution in [3.63, 3.8) is 0 Å². The summed E-state index contributed by atoms with van der Waals surface area (Å²) < 4.78 is 0. The summed E-state index contributed by atoms with van der Waals surface area (Å²) in [7, 11) is 0. The topological polar surface area (TPSA) is 66.5 Å². The Hall–Kier alpha value is -2.47. The molecular formula is C19H20N2O3S. The zero-order valence-corrected chi connectivity index (χ0v) is 15.1. The minimum atomic E-state index is -0.0692. The first-order chi connectivity index (χ1) is 11.9. The second kappa shape index (κ2) is 7.19. The monoisotopic (exact) mass is 356 g/mol. The predicted molar refractivity (Wildman–Crippen MR) is 97.9 cm³/mol. The number of amides is 2. The summed E-state index contributed by atoms with van der Waals surface area (Å²) in [5.41, 5.74) is 1.56. The van der Waals surface area contributed by atoms with Crippen LogP contribution in [0.15, 0.2) is 36.4 Å². The lowest BCUT2D eigenvalue weighted by molar-refractivity contribution is -0.119. The number of nitrogens with zero attached hydrogens (tertiary/aromatic N) is 1. The molecule has 0 unspecified atom stereocenters. The van der Waals surface area contributed by atoms with Crippen molar-refractivity contribution in [3.8, 4) is 10.4 Å². The third-order valence-electron chi connectivity index (χ3n) is 4.23. The van der Waals surface area contributed by atoms with E-state index >= 15 is 0 Å². The largest absolute Gasteiger partial charge is 0.352 e. The van der Waals surface area contributed by atoms with E-state index in [2.05, 4.69) is 5.32 Å². The number of hydrogen-bond donors (Lipinski definition) is 1. The van der Waals surface area contributed by atoms with E-state index in [1.165, 1.54) is 18.3 Å². The van der Waals surface area contributed by atoms with Crippen molar-refractivity contribution in [2.75, 3.05) is 13.1 Å². The number of Topliss-reactive ketones (excluding diaryl/α,β-unsaturated/α-hetero) is 1. The average molecular weight is 356 g/mol. The summed E-state index contributed by atoms with van der Waals surface area (Å²) >= 11 is 1.43. The molecule has 1 aliphatic heterocycles. The van der Waals surface area contributed by atoms with Crippen LogP contribution < -0.4 is 5.32 Å². The van der Waals surface area contributed by atoms with E-state index in [0.717, 1.165) is 16.9 Å². The van der Waals surface area contributed by atoms with Gasteiger partial charge in [-0.25, -0.2) is 0 Å². The van der Waals surface area contributed by atoms with Gasteiger partial charge in [0.15, 0.2) is 5.78 Å². The van der Waals surface area contributed by atoms with E-state index in [1.807, 2.05) is 30.3 Å². The van der Waals surface area contributed by atoms with Crippen LogP contribution in [0, 0.1) is 0 Å². The van der Waals surface area contributed by atoms with Crippen molar-refractivity contribution in [2.24, 2.45) is 0 Å². The molecule has 6 heteroatoms. The molecule has 1 atom stereocenters. The SMILES string of the molecule is CC(=O)N[C@@H]1CCN(C(=O)c2cccc(-c3ccc(C(C)=O)s3)c2)C1. The highest BCUT2D eigenvalue weighted by Gasteiger charge is 2.27. The molecule has 1 aromatic carbocycles. The summed E-state index contributed by atoms with van der Waals surface area (Å²) in [4.78, 5) is 38.8. The van der Waals surface area contributed by atoms with Crippen molar-refractivity contribution in [1.29, 1.82) is 0 Å². The fraction of sp³-hybridized carbons (Fsp3) is 0.316. The van der Waals surface area contributed by atoms with Gasteiger partial charge in [-0.1, -0.05) is 12.1 Å². The van der Waals surface area contributed by atoms with E-state index < -0.39 is 0 Å². The Kier molecular flexibility index (Phi) is 4.99. The normalized spacial score (nSPS) is 16.7. The second-order valence-corrected chi connectivity index (χ2v) is 7.32. The minimum Gasteiger partial charge on any atom is -0.352 e. The zero-order valence-electron chi connectivity index (χ0n) is 14.2. The Morgan fingerprint density at radius 3 is 2.64 bits per heavy atom. The molecule has 1 N–H and O–H groups in total. The number of carbonyl (C=O) groups excluding carboxylic acids is 3. The molecule has 5 nitrogen and oxygen atoms in total. The number of hydrogen-bond acceptors (Lipinski definition) is 4. The van der Waals surface area contributed by atoms with E-state index in [9.17, 15) is 14.4 Å². The van der Waals surface area contributed by atoms with Gasteiger partial charge in [-0.3, -0.25) is 14.4 Å². The van der Waals surface area contributed by atoms with Crippen molar-refractivity contribution < 1.29 is 14.4 Å². The van der Waals surface area contributed by atoms with Gasteiger partial charge in [0.2, 0.25) is 5.91 Å². The Labute approximate surface area is 150 Å². The summed E-state index contributed by atoms with van der Waals surface area (Å²) in [6.45, 7) is 4.22. The van der Waals surface area contributed by atoms with Crippen LogP contribution in [-0.4, -0.2) is 41.6 Å². The van der Waals surface area contributed by atoms with Crippen molar-refractivity contribution in [1.82, 2.24) is 10.2 Å². The third-order valence-corrected chi connectivity index (χ3v) is 5.47. The van der Waals surface area contributed by atoms with Crippen molar-refractivity contribution >= 4 is 28.9 Å². The van der Waals surface area contributed by atoms with Crippen LogP contribution in [0.2, 0.25) is 0 Å². The first-order valence-corrected chi connectivity index (χ1v) is 9.03. The van der Waals surface area contributed by atoms with Gasteiger partial charge in [-0.15, -0.1) is 11.3 Å². The Morgan fingerprint density at radius 2 is 1.96 bits per heavy atom. The molecule has 130 valence electrons. The highest BCUT2D eigenvalue weighted by molar-refractivity contribution is 7.17. The average Bonchev–Trinajstić information content (AvgIpc) is 3.23. The number of ketones is 1. The highest BCUT2D eigenvalue weighted by Crippen LogP contribution is 2.29. The maximum atomic E-state index is 12.7. The Morgan fingerprint density at radius 1 is 1.16 bits per heavy atom. The molecular weight excluding hydrogens is 336 g/mol. The third kappa shape index (κ3) is 3.96. The van der Waals surface area contributed by atoms with Crippen LogP contribution in [0.4, 0.5) is 0 Å². The van der Waals surface area contributed by atoms with Crippen LogP contribution >= 0.6 is 11.3 Å². The quantitative estimate of drug-likeness (QED) is 0.857. The molecule has 1 aliphatic rings. The summed E-state index contributed by atoms with van der Waals surface area (Å²) in [6.07, 6.45) is 0.776. The number of nitrogens with one attached hydrogen (secondary N) is 1. The summed E-state index contributed by atoms with van der Waals surface area (Å²) in [6, 6.07) is 11.2. The molecule has 1 aromatic heterocycles. The second-order valence-electron chi connectivity index (χ2n) is 6.24. The maximum Gasteiger partial charge on any atom is 0.253 e. The number of benzene rings is 1. The lowest BCUT2D eigenvalue weighted by atomic mass is 10.1. The van der Waals surface area contributed by atoms with Crippen molar-refractivity contribution in [3.05, 3.63) is 46.8 Å². The highest BCUT2D eigenvalue weighted by atomic mass is 32.1. The van der Waals surface area contributed by atoms with Gasteiger partial charge in [-0.05, 0) is 43.2 Å². The van der Waals surface area contributed by atoms with Gasteiger partial charge in [0.05, 0.1) is 4.88 Å². The first-order valence-electron chi connectivity index (χ1n) is 8.21. The van der Waals surface area contributed by atoms with Gasteiger partial charge in [0, 0.05) is 36.5 Å². The molecule has 0 radical (unpaired) electrons. The van der Waals surface area contributed by atoms with E-state index in [1.54, 1.807) is 17.9 Å². The molecule has 2 aromatic rings. The van der Waals surface area contributed by atoms with Gasteiger partial charge < -0.3 is 10.2 Å². The van der Waals surface area contributed by atoms with Crippen LogP contribution in [-0.2, 0) is 4.79 Å². The molecule has 2 amide bonds. The molecule has 0 saturated carbocycles. The first kappa shape index (κ1) is 17.4. The molecule has 0 spiro atoms. The van der Waals surface area contributed by atoms with E-state index in [-0.39, 0.29) is 23.6 Å². The van der Waals surface area contributed by atoms with Crippen molar-refractivity contribution in [2.45, 2.75) is 26.3 Å². The fourth-order valence-corrected chi connectivity index (χ4v) is 3.92. The zero-order chi connectivity index (χ0) is 18.0. The molecule has 25 heavy (non-hydrogen) atoms. The Balaban J connectivity index is 1.76. The fourth-order valence-electron chi connectivity index (χ4n) is 3.02. The number of carbonyl (C=O) groups is 3. The summed E-state index contributed by atoms with van der Waals surface area (Å²) in [5.74, 6) is -0.0529. The lowest BCUT2D eigenvalue weighted by Gasteiger charge is -2.17. The molecule has 0 aliphatic carbocycles. The maximum absolute atomic E-state index is 12.7. The van der Waals surface area contributed by atoms with E-state index in [4.69, 9.17) is 0 Å². The number of thiophene rings is 1. The predicted octanol–water partition coefficient (Wildman–Crippen LogP) is 2.97. The van der Waals surface area contributed by atoms with E-state index in [0.29, 0.717) is 23.5 Å². The van der Waals surface area contributed by atoms with Crippen LogP contribution in [0.25, 0.3) is 10.4 Å². The standard InChI is InChI=1S/C19H20N2O3S/c1-12(22)17-6-7-18(25-17)14-4-3-5-15(10-14)19(24)21-9-8-16(11-21)20-13(2)23/h3-7,10,16H,8-9,11H2,1-2H3,(H,20,23)/t16-/m1/s1. The van der Waals surface area contributed by atoms with Gasteiger partial charge >= 0.3 is 0 Å². The molecule has 2 heterocycles. The lowest BCUT2D eigenvalue weighted by Crippen LogP contribution is -2.37. The number of likely N-dealkylation sites (tertiary alicyclic amines) is 1. The molecule has 0 bridgehead atoms. The van der Waals surface area contributed by atoms with Gasteiger partial charge in [0.25, 0.3) is 5.91 Å². The summed E-state index contributed by atoms with van der Waals surface area (Å²) in [5, 5.41) is 2.87. The van der Waals surface area contributed by atoms with Crippen LogP contribution in [0.1, 0.15) is 40.3 Å². The molecule has 1 fully saturated rings. The van der Waals surface area contributed by atoms with Crippen LogP contribution in [0.5, 0.6) is 0 Å². The molecule has 1 saturated heterocycles. The minimum absolute atomic E-state index is 0.0278. The van der Waals surface area contributed by atoms with Crippen LogP contribution in [0.3, 0.4) is 0 Å². The van der Waals surface area contributed by atoms with Gasteiger partial charge in [-0.2, -0.15) is 0 Å². The smallest absolute Gasteiger partial charge is 0.253 e. The van der Waals surface area contributed by atoms with Gasteiger partial charge in [0.1, 0.15) is 0 Å². The molecule has 3 rings (SSSR count).